The molecule has 2 unspecified atom stereocenters. The third-order valence-corrected chi connectivity index (χ3v) is 4.13. The number of rotatable bonds is 4. The highest BCUT2D eigenvalue weighted by Crippen LogP contribution is 2.25. The Bertz CT molecular complexity index is 336. The van der Waals surface area contributed by atoms with Gasteiger partial charge < -0.3 is 10.1 Å². The van der Waals surface area contributed by atoms with E-state index in [1.54, 1.807) is 0 Å². The number of hydrogen-bond donors (Lipinski definition) is 1. The highest BCUT2D eigenvalue weighted by atomic mass is 127. The highest BCUT2D eigenvalue weighted by molar-refractivity contribution is 14.1. The van der Waals surface area contributed by atoms with Gasteiger partial charge in [0.15, 0.2) is 0 Å². The Balaban J connectivity index is 2.03. The Morgan fingerprint density at radius 3 is 2.94 bits per heavy atom. The van der Waals surface area contributed by atoms with Crippen molar-refractivity contribution in [3.8, 4) is 0 Å². The molecule has 2 nitrogen and oxygen atoms in total. The minimum Gasteiger partial charge on any atom is -0.381 e. The maximum absolute atomic E-state index is 5.47. The van der Waals surface area contributed by atoms with Gasteiger partial charge in [-0.1, -0.05) is 19.1 Å². The molecule has 0 radical (unpaired) electrons. The smallest absolute Gasteiger partial charge is 0.0514 e. The van der Waals surface area contributed by atoms with Gasteiger partial charge in [-0.05, 0) is 47.6 Å². The molecular formula is C13H18INO. The number of halogens is 1. The lowest BCUT2D eigenvalue weighted by atomic mass is 9.96. The van der Waals surface area contributed by atoms with E-state index < -0.39 is 0 Å². The lowest BCUT2D eigenvalue weighted by Gasteiger charge is -2.24. The van der Waals surface area contributed by atoms with Crippen LogP contribution < -0.4 is 5.32 Å². The Hall–Kier alpha value is -0.290. The largest absolute Gasteiger partial charge is 0.381 e. The number of ether oxygens (including phenoxy) is 1. The van der Waals surface area contributed by atoms with Gasteiger partial charge in [-0.25, -0.2) is 0 Å². The first kappa shape index (κ1) is 12.2. The molecule has 1 aliphatic rings. The lowest BCUT2D eigenvalue weighted by molar-refractivity contribution is 0.182. The Kier molecular flexibility index (Phi) is 4.46. The van der Waals surface area contributed by atoms with Crippen molar-refractivity contribution in [2.45, 2.75) is 25.8 Å². The lowest BCUT2D eigenvalue weighted by Crippen LogP contribution is -2.29. The molecule has 2 atom stereocenters. The number of benzene rings is 1. The fourth-order valence-corrected chi connectivity index (χ4v) is 2.74. The van der Waals surface area contributed by atoms with Crippen molar-refractivity contribution in [2.24, 2.45) is 5.92 Å². The molecule has 1 N–H and O–H groups in total. The molecule has 1 aliphatic heterocycles. The second-order valence-electron chi connectivity index (χ2n) is 4.26. The molecule has 0 aromatic heterocycles. The van der Waals surface area contributed by atoms with Crippen LogP contribution in [-0.4, -0.2) is 19.3 Å². The van der Waals surface area contributed by atoms with E-state index in [4.69, 9.17) is 4.74 Å². The maximum atomic E-state index is 5.47. The molecule has 0 bridgehead atoms. The number of hydrogen-bond acceptors (Lipinski definition) is 2. The number of para-hydroxylation sites is 1. The quantitative estimate of drug-likeness (QED) is 0.853. The van der Waals surface area contributed by atoms with E-state index in [9.17, 15) is 0 Å². The van der Waals surface area contributed by atoms with E-state index in [-0.39, 0.29) is 0 Å². The van der Waals surface area contributed by atoms with Crippen LogP contribution in [0.5, 0.6) is 0 Å². The summed E-state index contributed by atoms with van der Waals surface area (Å²) in [5.74, 6) is 0.668. The van der Waals surface area contributed by atoms with Crippen molar-refractivity contribution in [1.82, 2.24) is 0 Å². The zero-order valence-corrected chi connectivity index (χ0v) is 11.7. The van der Waals surface area contributed by atoms with E-state index in [0.29, 0.717) is 12.0 Å². The molecule has 0 saturated carbocycles. The van der Waals surface area contributed by atoms with E-state index >= 15 is 0 Å². The van der Waals surface area contributed by atoms with Crippen molar-refractivity contribution in [1.29, 1.82) is 0 Å². The molecule has 88 valence electrons. The van der Waals surface area contributed by atoms with Crippen molar-refractivity contribution in [2.75, 3.05) is 18.5 Å². The normalized spacial score (nSPS) is 22.0. The Morgan fingerprint density at radius 2 is 2.31 bits per heavy atom. The fraction of sp³-hybridized carbons (Fsp3) is 0.538. The fourth-order valence-electron chi connectivity index (χ4n) is 2.20. The second-order valence-corrected chi connectivity index (χ2v) is 5.42. The van der Waals surface area contributed by atoms with Gasteiger partial charge in [0.2, 0.25) is 0 Å². The summed E-state index contributed by atoms with van der Waals surface area (Å²) in [4.78, 5) is 0. The average molecular weight is 331 g/mol. The molecule has 1 aromatic carbocycles. The minimum absolute atomic E-state index is 0.540. The Labute approximate surface area is 111 Å². The predicted octanol–water partition coefficient (Wildman–Crippen LogP) is 3.52. The van der Waals surface area contributed by atoms with Crippen molar-refractivity contribution < 1.29 is 4.74 Å². The van der Waals surface area contributed by atoms with E-state index in [1.165, 1.54) is 15.7 Å². The zero-order valence-electron chi connectivity index (χ0n) is 9.58. The van der Waals surface area contributed by atoms with Gasteiger partial charge in [0.1, 0.15) is 0 Å². The second kappa shape index (κ2) is 5.87. The van der Waals surface area contributed by atoms with Crippen molar-refractivity contribution in [3.63, 3.8) is 0 Å². The number of anilines is 1. The van der Waals surface area contributed by atoms with Gasteiger partial charge in [-0.3, -0.25) is 0 Å². The van der Waals surface area contributed by atoms with E-state index in [2.05, 4.69) is 59.1 Å². The van der Waals surface area contributed by atoms with Gasteiger partial charge >= 0.3 is 0 Å². The van der Waals surface area contributed by atoms with E-state index in [1.807, 2.05) is 0 Å². The van der Waals surface area contributed by atoms with Crippen LogP contribution in [0.15, 0.2) is 24.3 Å². The molecule has 3 heteroatoms. The first-order valence-electron chi connectivity index (χ1n) is 5.90. The first-order chi connectivity index (χ1) is 7.81. The molecule has 0 amide bonds. The third-order valence-electron chi connectivity index (χ3n) is 3.19. The van der Waals surface area contributed by atoms with Crippen LogP contribution in [0.25, 0.3) is 0 Å². The van der Waals surface area contributed by atoms with Crippen LogP contribution >= 0.6 is 22.6 Å². The summed E-state index contributed by atoms with van der Waals surface area (Å²) >= 11 is 2.38. The minimum atomic E-state index is 0.540. The summed E-state index contributed by atoms with van der Waals surface area (Å²) in [6.07, 6.45) is 2.34. The molecule has 1 fully saturated rings. The van der Waals surface area contributed by atoms with Crippen LogP contribution in [0.4, 0.5) is 5.69 Å². The van der Waals surface area contributed by atoms with Crippen molar-refractivity contribution in [3.05, 3.63) is 27.8 Å². The third kappa shape index (κ3) is 2.88. The summed E-state index contributed by atoms with van der Waals surface area (Å²) in [6.45, 7) is 4.08. The summed E-state index contributed by atoms with van der Waals surface area (Å²) in [5, 5.41) is 3.65. The van der Waals surface area contributed by atoms with Crippen LogP contribution in [0.2, 0.25) is 0 Å². The topological polar surface area (TPSA) is 21.3 Å². The van der Waals surface area contributed by atoms with Gasteiger partial charge in [0, 0.05) is 27.8 Å². The monoisotopic (exact) mass is 331 g/mol. The standard InChI is InChI=1S/C13H18INO/c1-2-12(10-7-8-16-9-10)15-13-6-4-3-5-11(13)14/h3-6,10,12,15H,2,7-9H2,1H3. The van der Waals surface area contributed by atoms with Gasteiger partial charge in [0.25, 0.3) is 0 Å². The van der Waals surface area contributed by atoms with Crippen LogP contribution in [-0.2, 0) is 4.74 Å². The van der Waals surface area contributed by atoms with Crippen molar-refractivity contribution >= 4 is 28.3 Å². The van der Waals surface area contributed by atoms with Gasteiger partial charge in [0.05, 0.1) is 6.61 Å². The average Bonchev–Trinajstić information content (AvgIpc) is 2.81. The Morgan fingerprint density at radius 1 is 1.50 bits per heavy atom. The summed E-state index contributed by atoms with van der Waals surface area (Å²) in [5.41, 5.74) is 1.25. The maximum Gasteiger partial charge on any atom is 0.0514 e. The highest BCUT2D eigenvalue weighted by Gasteiger charge is 2.24. The molecule has 1 heterocycles. The number of nitrogens with one attached hydrogen (secondary N) is 1. The zero-order chi connectivity index (χ0) is 11.4. The van der Waals surface area contributed by atoms with Crippen LogP contribution in [0.1, 0.15) is 19.8 Å². The molecule has 1 saturated heterocycles. The summed E-state index contributed by atoms with van der Waals surface area (Å²) in [6, 6.07) is 8.99. The summed E-state index contributed by atoms with van der Waals surface area (Å²) in [7, 11) is 0. The predicted molar refractivity (Wildman–Crippen MR) is 75.8 cm³/mol. The van der Waals surface area contributed by atoms with E-state index in [0.717, 1.165) is 19.6 Å². The molecule has 1 aromatic rings. The SMILES string of the molecule is CCC(Nc1ccccc1I)C1CCOC1. The molecule has 0 spiro atoms. The molecular weight excluding hydrogens is 313 g/mol. The van der Waals surface area contributed by atoms with Gasteiger partial charge in [-0.15, -0.1) is 0 Å². The molecule has 16 heavy (non-hydrogen) atoms. The van der Waals surface area contributed by atoms with Gasteiger partial charge in [-0.2, -0.15) is 0 Å². The molecule has 0 aliphatic carbocycles. The van der Waals surface area contributed by atoms with Crippen LogP contribution in [0, 0.1) is 9.49 Å². The first-order valence-corrected chi connectivity index (χ1v) is 6.98. The van der Waals surface area contributed by atoms with Crippen LogP contribution in [0.3, 0.4) is 0 Å². The summed E-state index contributed by atoms with van der Waals surface area (Å²) < 4.78 is 6.76. The molecule has 2 rings (SSSR count).